The Labute approximate surface area is 178 Å². The molecule has 0 spiro atoms. The van der Waals surface area contributed by atoms with Crippen LogP contribution in [0.1, 0.15) is 44.1 Å². The van der Waals surface area contributed by atoms with E-state index in [0.717, 1.165) is 30.8 Å². The lowest BCUT2D eigenvalue weighted by Crippen LogP contribution is -2.46. The Morgan fingerprint density at radius 2 is 2.03 bits per heavy atom. The van der Waals surface area contributed by atoms with Crippen molar-refractivity contribution in [3.05, 3.63) is 53.6 Å². The Morgan fingerprint density at radius 3 is 2.70 bits per heavy atom. The van der Waals surface area contributed by atoms with E-state index in [1.165, 1.54) is 18.5 Å². The lowest BCUT2D eigenvalue weighted by Gasteiger charge is -2.23. The first kappa shape index (κ1) is 21.9. The molecule has 0 saturated carbocycles. The smallest absolute Gasteiger partial charge is 0.243 e. The van der Waals surface area contributed by atoms with Crippen molar-refractivity contribution in [1.82, 2.24) is 20.3 Å². The summed E-state index contributed by atoms with van der Waals surface area (Å²) in [5.74, 6) is 0.292. The number of hydrogen-bond acceptors (Lipinski definition) is 5. The van der Waals surface area contributed by atoms with Gasteiger partial charge < -0.3 is 19.6 Å². The van der Waals surface area contributed by atoms with Crippen LogP contribution in [-0.4, -0.2) is 59.0 Å². The molecule has 1 aromatic heterocycles. The standard InChI is InChI=1S/C23H32N4O3/c1-4-19(26-11-5-6-12-26)10-9-17(2)16-24-23(29)21-8-7-13-27(21)22(28)15-20-14-18(3)25-30-20/h4,9-10,14,21H,2,5-8,11-13,15-16H2,1,3H3,(H,24,29)/b10-9-,19-4+. The maximum absolute atomic E-state index is 12.7. The average molecular weight is 413 g/mol. The van der Waals surface area contributed by atoms with Gasteiger partial charge in [0, 0.05) is 37.9 Å². The summed E-state index contributed by atoms with van der Waals surface area (Å²) in [6.07, 6.45) is 10.2. The van der Waals surface area contributed by atoms with E-state index >= 15 is 0 Å². The second kappa shape index (κ2) is 10.3. The molecule has 30 heavy (non-hydrogen) atoms. The fourth-order valence-electron chi connectivity index (χ4n) is 4.03. The molecule has 162 valence electrons. The zero-order chi connectivity index (χ0) is 21.5. The van der Waals surface area contributed by atoms with Crippen LogP contribution < -0.4 is 5.32 Å². The molecule has 1 unspecified atom stereocenters. The second-order valence-electron chi connectivity index (χ2n) is 7.97. The van der Waals surface area contributed by atoms with Crippen molar-refractivity contribution < 1.29 is 14.1 Å². The summed E-state index contributed by atoms with van der Waals surface area (Å²) in [6, 6.07) is 1.31. The third-order valence-electron chi connectivity index (χ3n) is 5.62. The van der Waals surface area contributed by atoms with E-state index in [9.17, 15) is 9.59 Å². The number of carbonyl (C=O) groups excluding carboxylic acids is 2. The maximum atomic E-state index is 12.7. The molecular weight excluding hydrogens is 380 g/mol. The Balaban J connectivity index is 1.48. The largest absolute Gasteiger partial charge is 0.372 e. The molecule has 2 aliphatic heterocycles. The molecular formula is C23H32N4O3. The molecule has 3 heterocycles. The van der Waals surface area contributed by atoms with Crippen LogP contribution in [0.25, 0.3) is 0 Å². The van der Waals surface area contributed by atoms with Crippen molar-refractivity contribution >= 4 is 11.8 Å². The van der Waals surface area contributed by atoms with E-state index < -0.39 is 6.04 Å². The predicted molar refractivity (Wildman–Crippen MR) is 116 cm³/mol. The third-order valence-corrected chi connectivity index (χ3v) is 5.62. The SMILES string of the molecule is C=C(/C=C\C(=C/C)N1CCCC1)CNC(=O)C1CCCN1C(=O)Cc1cc(C)no1. The summed E-state index contributed by atoms with van der Waals surface area (Å²) in [5, 5.41) is 6.75. The molecule has 1 atom stereocenters. The molecule has 2 saturated heterocycles. The van der Waals surface area contributed by atoms with Crippen molar-refractivity contribution in [3.63, 3.8) is 0 Å². The number of amides is 2. The van der Waals surface area contributed by atoms with Crippen LogP contribution >= 0.6 is 0 Å². The minimum Gasteiger partial charge on any atom is -0.372 e. The van der Waals surface area contributed by atoms with Gasteiger partial charge in [-0.25, -0.2) is 0 Å². The normalized spacial score (nSPS) is 19.7. The molecule has 7 heteroatoms. The molecule has 3 rings (SSSR count). The van der Waals surface area contributed by atoms with Gasteiger partial charge in [0.2, 0.25) is 11.8 Å². The van der Waals surface area contributed by atoms with Gasteiger partial charge in [0.25, 0.3) is 0 Å². The molecule has 2 aliphatic rings. The monoisotopic (exact) mass is 412 g/mol. The van der Waals surface area contributed by atoms with Crippen LogP contribution in [0, 0.1) is 6.92 Å². The minimum atomic E-state index is -0.436. The fourth-order valence-corrected chi connectivity index (χ4v) is 4.03. The highest BCUT2D eigenvalue weighted by Crippen LogP contribution is 2.20. The van der Waals surface area contributed by atoms with Gasteiger partial charge in [-0.15, -0.1) is 0 Å². The van der Waals surface area contributed by atoms with Gasteiger partial charge >= 0.3 is 0 Å². The summed E-state index contributed by atoms with van der Waals surface area (Å²) in [5.41, 5.74) is 2.76. The molecule has 2 fully saturated rings. The summed E-state index contributed by atoms with van der Waals surface area (Å²) < 4.78 is 5.14. The first-order valence-electron chi connectivity index (χ1n) is 10.7. The molecule has 7 nitrogen and oxygen atoms in total. The average Bonchev–Trinajstić information content (AvgIpc) is 3.48. The Kier molecular flexibility index (Phi) is 7.49. The van der Waals surface area contributed by atoms with E-state index in [1.807, 2.05) is 19.9 Å². The van der Waals surface area contributed by atoms with Crippen LogP contribution in [0.4, 0.5) is 0 Å². The lowest BCUT2D eigenvalue weighted by atomic mass is 10.1. The summed E-state index contributed by atoms with van der Waals surface area (Å²) in [7, 11) is 0. The molecule has 1 aromatic rings. The van der Waals surface area contributed by atoms with E-state index in [4.69, 9.17) is 4.52 Å². The van der Waals surface area contributed by atoms with Crippen molar-refractivity contribution in [1.29, 1.82) is 0 Å². The van der Waals surface area contributed by atoms with Gasteiger partial charge in [0.15, 0.2) is 0 Å². The van der Waals surface area contributed by atoms with E-state index in [1.54, 1.807) is 11.0 Å². The van der Waals surface area contributed by atoms with E-state index in [-0.39, 0.29) is 18.2 Å². The van der Waals surface area contributed by atoms with Crippen LogP contribution in [-0.2, 0) is 16.0 Å². The number of rotatable bonds is 8. The highest BCUT2D eigenvalue weighted by Gasteiger charge is 2.34. The van der Waals surface area contributed by atoms with E-state index in [0.29, 0.717) is 25.3 Å². The topological polar surface area (TPSA) is 78.7 Å². The van der Waals surface area contributed by atoms with Crippen LogP contribution in [0.3, 0.4) is 0 Å². The fraction of sp³-hybridized carbons (Fsp3) is 0.522. The molecule has 2 amide bonds. The van der Waals surface area contributed by atoms with Crippen LogP contribution in [0.5, 0.6) is 0 Å². The first-order valence-corrected chi connectivity index (χ1v) is 10.7. The van der Waals surface area contributed by atoms with Crippen LogP contribution in [0.15, 0.2) is 46.7 Å². The predicted octanol–water partition coefficient (Wildman–Crippen LogP) is 2.74. The molecule has 0 radical (unpaired) electrons. The van der Waals surface area contributed by atoms with Gasteiger partial charge in [-0.05, 0) is 51.2 Å². The number of likely N-dealkylation sites (tertiary alicyclic amines) is 2. The van der Waals surface area contributed by atoms with E-state index in [2.05, 4.69) is 34.1 Å². The molecule has 1 N–H and O–H groups in total. The first-order chi connectivity index (χ1) is 14.5. The summed E-state index contributed by atoms with van der Waals surface area (Å²) in [6.45, 7) is 11.0. The van der Waals surface area contributed by atoms with Gasteiger partial charge in [-0.1, -0.05) is 23.9 Å². The highest BCUT2D eigenvalue weighted by molar-refractivity contribution is 5.89. The maximum Gasteiger partial charge on any atom is 0.243 e. The van der Waals surface area contributed by atoms with Crippen molar-refractivity contribution in [2.75, 3.05) is 26.2 Å². The number of hydrogen-bond donors (Lipinski definition) is 1. The van der Waals surface area contributed by atoms with Gasteiger partial charge in [-0.3, -0.25) is 9.59 Å². The number of carbonyl (C=O) groups is 2. The van der Waals surface area contributed by atoms with Gasteiger partial charge in [0.05, 0.1) is 12.1 Å². The zero-order valence-electron chi connectivity index (χ0n) is 18.0. The van der Waals surface area contributed by atoms with Gasteiger partial charge in [0.1, 0.15) is 11.8 Å². The van der Waals surface area contributed by atoms with Gasteiger partial charge in [-0.2, -0.15) is 0 Å². The minimum absolute atomic E-state index is 0.106. The third kappa shape index (κ3) is 5.62. The number of nitrogens with zero attached hydrogens (tertiary/aromatic N) is 3. The number of allylic oxidation sites excluding steroid dienone is 2. The second-order valence-corrected chi connectivity index (χ2v) is 7.97. The number of aromatic nitrogens is 1. The Morgan fingerprint density at radius 1 is 1.27 bits per heavy atom. The molecule has 0 bridgehead atoms. The van der Waals surface area contributed by atoms with Crippen LogP contribution in [0.2, 0.25) is 0 Å². The Hall–Kier alpha value is -2.83. The number of nitrogens with one attached hydrogen (secondary N) is 1. The quantitative estimate of drug-likeness (QED) is 0.664. The zero-order valence-corrected chi connectivity index (χ0v) is 18.0. The molecule has 0 aliphatic carbocycles. The van der Waals surface area contributed by atoms with Crippen molar-refractivity contribution in [3.8, 4) is 0 Å². The summed E-state index contributed by atoms with van der Waals surface area (Å²) in [4.78, 5) is 29.3. The Bertz CT molecular complexity index is 833. The molecule has 0 aromatic carbocycles. The highest BCUT2D eigenvalue weighted by atomic mass is 16.5. The lowest BCUT2D eigenvalue weighted by molar-refractivity contribution is -0.138. The van der Waals surface area contributed by atoms with Crippen molar-refractivity contribution in [2.45, 2.75) is 52.0 Å². The summed E-state index contributed by atoms with van der Waals surface area (Å²) >= 11 is 0. The van der Waals surface area contributed by atoms with Crippen molar-refractivity contribution in [2.24, 2.45) is 0 Å². The number of aryl methyl sites for hydroxylation is 1.